The van der Waals surface area contributed by atoms with Gasteiger partial charge in [0.2, 0.25) is 10.0 Å². The smallest absolute Gasteiger partial charge is 0.236 e. The Kier molecular flexibility index (Phi) is 7.59. The zero-order valence-corrected chi connectivity index (χ0v) is 21.8. The minimum absolute atomic E-state index is 0. The van der Waals surface area contributed by atoms with E-state index >= 15 is 0 Å². The maximum absolute atomic E-state index is 12.9. The number of fused-ring (bicyclic) bond motifs is 2. The summed E-state index contributed by atoms with van der Waals surface area (Å²) in [4.78, 5) is 4.30. The van der Waals surface area contributed by atoms with Crippen LogP contribution in [0.1, 0.15) is 37.4 Å². The lowest BCUT2D eigenvalue weighted by atomic mass is 9.90. The summed E-state index contributed by atoms with van der Waals surface area (Å²) in [6.07, 6.45) is 1.53. The molecule has 0 radical (unpaired) electrons. The Morgan fingerprint density at radius 2 is 1.91 bits per heavy atom. The van der Waals surface area contributed by atoms with Gasteiger partial charge in [0.05, 0.1) is 17.5 Å². The van der Waals surface area contributed by atoms with Crippen molar-refractivity contribution in [3.63, 3.8) is 0 Å². The van der Waals surface area contributed by atoms with E-state index in [4.69, 9.17) is 4.74 Å². The van der Waals surface area contributed by atoms with Crippen LogP contribution in [0.3, 0.4) is 0 Å². The predicted molar refractivity (Wildman–Crippen MR) is 140 cm³/mol. The fraction of sp³-hybridized carbons (Fsp3) is 0.435. The maximum Gasteiger partial charge on any atom is 0.236 e. The van der Waals surface area contributed by atoms with Gasteiger partial charge in [0.1, 0.15) is 11.4 Å². The monoisotopic (exact) mass is 570 g/mol. The molecule has 0 bridgehead atoms. The van der Waals surface area contributed by atoms with Gasteiger partial charge in [-0.3, -0.25) is 9.30 Å². The Hall–Kier alpha value is -2.01. The van der Waals surface area contributed by atoms with Gasteiger partial charge >= 0.3 is 0 Å². The molecular formula is C23H31IN4O3S. The minimum atomic E-state index is -3.41. The van der Waals surface area contributed by atoms with Gasteiger partial charge in [-0.25, -0.2) is 8.42 Å². The third kappa shape index (κ3) is 5.31. The number of guanidine groups is 1. The first-order valence-electron chi connectivity index (χ1n) is 10.6. The van der Waals surface area contributed by atoms with E-state index in [0.29, 0.717) is 12.5 Å². The van der Waals surface area contributed by atoms with E-state index in [-0.39, 0.29) is 47.9 Å². The fourth-order valence-corrected chi connectivity index (χ4v) is 5.72. The van der Waals surface area contributed by atoms with Crippen LogP contribution >= 0.6 is 24.0 Å². The number of aliphatic imine (C=N–C) groups is 1. The average Bonchev–Trinajstić information content (AvgIpc) is 3.17. The summed E-state index contributed by atoms with van der Waals surface area (Å²) in [5.41, 5.74) is 2.64. The van der Waals surface area contributed by atoms with Crippen molar-refractivity contribution >= 4 is 45.6 Å². The molecule has 2 aliphatic heterocycles. The Morgan fingerprint density at radius 1 is 1.19 bits per heavy atom. The number of benzene rings is 2. The quantitative estimate of drug-likeness (QED) is 0.327. The van der Waals surface area contributed by atoms with Crippen LogP contribution in [0, 0.1) is 0 Å². The molecule has 2 aromatic rings. The summed E-state index contributed by atoms with van der Waals surface area (Å²) >= 11 is 0. The first-order chi connectivity index (χ1) is 14.8. The number of sulfonamides is 1. The summed E-state index contributed by atoms with van der Waals surface area (Å²) in [6, 6.07) is 15.7. The third-order valence-electron chi connectivity index (χ3n) is 5.74. The van der Waals surface area contributed by atoms with Crippen LogP contribution in [0.4, 0.5) is 5.69 Å². The average molecular weight is 570 g/mol. The second-order valence-electron chi connectivity index (χ2n) is 8.57. The SMILES string of the molecule is CN=C(NCCS(=O)(=O)N1CCc2ccccc21)NC1CC(C)(C)Oc2ccccc21.I. The summed E-state index contributed by atoms with van der Waals surface area (Å²) in [5.74, 6) is 1.44. The molecule has 0 saturated heterocycles. The highest BCUT2D eigenvalue weighted by molar-refractivity contribution is 14.0. The Morgan fingerprint density at radius 3 is 2.69 bits per heavy atom. The van der Waals surface area contributed by atoms with Crippen molar-refractivity contribution in [2.24, 2.45) is 4.99 Å². The van der Waals surface area contributed by atoms with Crippen LogP contribution in [0.5, 0.6) is 5.75 Å². The van der Waals surface area contributed by atoms with Gasteiger partial charge in [0, 0.05) is 32.1 Å². The molecule has 0 amide bonds. The zero-order valence-electron chi connectivity index (χ0n) is 18.7. The molecule has 2 heterocycles. The number of rotatable bonds is 5. The molecule has 2 aromatic carbocycles. The summed E-state index contributed by atoms with van der Waals surface area (Å²) < 4.78 is 33.4. The van der Waals surface area contributed by atoms with Crippen LogP contribution in [-0.2, 0) is 16.4 Å². The summed E-state index contributed by atoms with van der Waals surface area (Å²) in [6.45, 7) is 4.90. The highest BCUT2D eigenvalue weighted by Crippen LogP contribution is 2.39. The molecule has 4 rings (SSSR count). The first kappa shape index (κ1) is 24.6. The van der Waals surface area contributed by atoms with Gasteiger partial charge < -0.3 is 15.4 Å². The van der Waals surface area contributed by atoms with Crippen molar-refractivity contribution < 1.29 is 13.2 Å². The number of halogens is 1. The molecule has 32 heavy (non-hydrogen) atoms. The van der Waals surface area contributed by atoms with Gasteiger partial charge in [-0.2, -0.15) is 0 Å². The lowest BCUT2D eigenvalue weighted by molar-refractivity contribution is 0.0694. The van der Waals surface area contributed by atoms with Crippen molar-refractivity contribution in [2.45, 2.75) is 38.3 Å². The van der Waals surface area contributed by atoms with Gasteiger partial charge in [-0.15, -0.1) is 24.0 Å². The topological polar surface area (TPSA) is 83.0 Å². The first-order valence-corrected chi connectivity index (χ1v) is 12.2. The maximum atomic E-state index is 12.9. The highest BCUT2D eigenvalue weighted by Gasteiger charge is 2.34. The van der Waals surface area contributed by atoms with E-state index in [1.54, 1.807) is 7.05 Å². The molecule has 7 nitrogen and oxygen atoms in total. The minimum Gasteiger partial charge on any atom is -0.487 e. The molecule has 2 aliphatic rings. The fourth-order valence-electron chi connectivity index (χ4n) is 4.30. The van der Waals surface area contributed by atoms with Crippen molar-refractivity contribution in [1.29, 1.82) is 0 Å². The molecule has 0 aliphatic carbocycles. The van der Waals surface area contributed by atoms with Gasteiger partial charge in [-0.05, 0) is 38.0 Å². The van der Waals surface area contributed by atoms with E-state index < -0.39 is 10.0 Å². The van der Waals surface area contributed by atoms with Gasteiger partial charge in [0.15, 0.2) is 5.96 Å². The van der Waals surface area contributed by atoms with Crippen molar-refractivity contribution in [3.8, 4) is 5.75 Å². The second kappa shape index (κ2) is 9.86. The number of ether oxygens (including phenoxy) is 1. The van der Waals surface area contributed by atoms with Crippen molar-refractivity contribution in [1.82, 2.24) is 10.6 Å². The summed E-state index contributed by atoms with van der Waals surface area (Å²) in [7, 11) is -1.72. The van der Waals surface area contributed by atoms with Crippen molar-refractivity contribution in [3.05, 3.63) is 59.7 Å². The highest BCUT2D eigenvalue weighted by atomic mass is 127. The molecule has 0 spiro atoms. The number of nitrogens with zero attached hydrogens (tertiary/aromatic N) is 2. The van der Waals surface area contributed by atoms with Crippen LogP contribution < -0.4 is 19.7 Å². The molecule has 0 saturated carbocycles. The van der Waals surface area contributed by atoms with E-state index in [1.807, 2.05) is 48.5 Å². The van der Waals surface area contributed by atoms with Crippen LogP contribution in [-0.4, -0.2) is 45.9 Å². The van der Waals surface area contributed by atoms with Crippen LogP contribution in [0.25, 0.3) is 0 Å². The Balaban J connectivity index is 0.00000289. The van der Waals surface area contributed by atoms with Gasteiger partial charge in [0.25, 0.3) is 0 Å². The van der Waals surface area contributed by atoms with Crippen LogP contribution in [0.2, 0.25) is 0 Å². The lowest BCUT2D eigenvalue weighted by Crippen LogP contribution is -2.46. The van der Waals surface area contributed by atoms with Crippen molar-refractivity contribution in [2.75, 3.05) is 30.2 Å². The Labute approximate surface area is 207 Å². The van der Waals surface area contributed by atoms with E-state index in [0.717, 1.165) is 35.4 Å². The predicted octanol–water partition coefficient (Wildman–Crippen LogP) is 3.46. The third-order valence-corrected chi connectivity index (χ3v) is 7.51. The Bertz CT molecular complexity index is 1090. The standard InChI is InChI=1S/C23H30N4O3S.HI/c1-23(2)16-19(18-9-5-7-11-21(18)30-23)26-22(24-3)25-13-15-31(28,29)27-14-12-17-8-4-6-10-20(17)27;/h4-11,19H,12-16H2,1-3H3,(H2,24,25,26);1H. The van der Waals surface area contributed by atoms with Crippen LogP contribution in [0.15, 0.2) is 53.5 Å². The molecule has 1 atom stereocenters. The van der Waals surface area contributed by atoms with E-state index in [9.17, 15) is 8.42 Å². The number of para-hydroxylation sites is 2. The van der Waals surface area contributed by atoms with Gasteiger partial charge in [-0.1, -0.05) is 36.4 Å². The summed E-state index contributed by atoms with van der Waals surface area (Å²) in [5, 5.41) is 6.61. The number of nitrogens with one attached hydrogen (secondary N) is 2. The lowest BCUT2D eigenvalue weighted by Gasteiger charge is -2.38. The number of anilines is 1. The largest absolute Gasteiger partial charge is 0.487 e. The molecule has 0 aromatic heterocycles. The number of hydrogen-bond acceptors (Lipinski definition) is 4. The second-order valence-corrected chi connectivity index (χ2v) is 10.6. The molecule has 2 N–H and O–H groups in total. The normalized spacial score (nSPS) is 19.3. The molecule has 174 valence electrons. The molecule has 1 unspecified atom stereocenters. The van der Waals surface area contributed by atoms with E-state index in [2.05, 4.69) is 29.5 Å². The van der Waals surface area contributed by atoms with E-state index in [1.165, 1.54) is 4.31 Å². The molecular weight excluding hydrogens is 539 g/mol. The zero-order chi connectivity index (χ0) is 22.1. The number of hydrogen-bond donors (Lipinski definition) is 2. The molecule has 0 fully saturated rings. The molecule has 9 heteroatoms.